The predicted octanol–water partition coefficient (Wildman–Crippen LogP) is 1.57. The third-order valence-electron chi connectivity index (χ3n) is 4.15. The van der Waals surface area contributed by atoms with E-state index in [1.807, 2.05) is 16.4 Å². The highest BCUT2D eigenvalue weighted by atomic mass is 16.2. The van der Waals surface area contributed by atoms with Gasteiger partial charge < -0.3 is 9.47 Å². The summed E-state index contributed by atoms with van der Waals surface area (Å²) in [6.45, 7) is 6.40. The second-order valence-electron chi connectivity index (χ2n) is 5.82. The summed E-state index contributed by atoms with van der Waals surface area (Å²) in [6, 6.07) is 0. The van der Waals surface area contributed by atoms with Crippen LogP contribution >= 0.6 is 0 Å². The zero-order chi connectivity index (χ0) is 15.0. The molecule has 0 saturated carbocycles. The van der Waals surface area contributed by atoms with E-state index in [4.69, 9.17) is 0 Å². The fourth-order valence-electron chi connectivity index (χ4n) is 2.97. The van der Waals surface area contributed by atoms with E-state index in [2.05, 4.69) is 17.1 Å². The molecule has 0 aliphatic carbocycles. The Morgan fingerprint density at radius 2 is 2.29 bits per heavy atom. The Kier molecular flexibility index (Phi) is 3.53. The third kappa shape index (κ3) is 2.46. The molecule has 3 aliphatic rings. The van der Waals surface area contributed by atoms with E-state index >= 15 is 0 Å². The largest absolute Gasteiger partial charge is 0.353 e. The zero-order valence-corrected chi connectivity index (χ0v) is 12.4. The average Bonchev–Trinajstić information content (AvgIpc) is 2.87. The maximum absolute atomic E-state index is 12.8. The number of pyridine rings is 1. The molecular formula is C15H20N4O2. The Hall–Kier alpha value is -2.11. The third-order valence-corrected chi connectivity index (χ3v) is 4.15. The standard InChI is InChI=1S/C15H20N4O2/c1-3-18-8-11-13(16-17-14(11)20)12(9-18)15(21)19-6-4-5-10(2)7-19/h8-10H,3-7H2,1-2H3,(H,17,20)/t10-/m0/s1. The van der Waals surface area contributed by atoms with Gasteiger partial charge in [0.1, 0.15) is 5.69 Å². The number of aryl methyl sites for hydroxylation is 1. The number of nitrogens with one attached hydrogen (secondary N) is 1. The first kappa shape index (κ1) is 13.9. The van der Waals surface area contributed by atoms with E-state index < -0.39 is 0 Å². The summed E-state index contributed by atoms with van der Waals surface area (Å²) in [5.74, 6) is 0.496. The Balaban J connectivity index is 2.02. The smallest absolute Gasteiger partial charge is 0.275 e. The minimum atomic E-state index is -0.242. The SMILES string of the molecule is CCn1cc(C(=O)N2CCC[C@H](C)C2)c2n[nH]c(=O)c-2c1. The molecule has 0 aromatic rings. The second-order valence-corrected chi connectivity index (χ2v) is 5.82. The summed E-state index contributed by atoms with van der Waals surface area (Å²) in [5.41, 5.74) is 1.23. The number of carbonyl (C=O) groups is 1. The van der Waals surface area contributed by atoms with Crippen molar-refractivity contribution in [3.05, 3.63) is 28.3 Å². The number of hydrogen-bond acceptors (Lipinski definition) is 3. The number of piperidine rings is 1. The molecular weight excluding hydrogens is 268 g/mol. The molecule has 3 heterocycles. The van der Waals surface area contributed by atoms with Gasteiger partial charge in [0.15, 0.2) is 0 Å². The van der Waals surface area contributed by atoms with Crippen LogP contribution in [0.15, 0.2) is 17.2 Å². The van der Waals surface area contributed by atoms with Gasteiger partial charge in [-0.05, 0) is 25.7 Å². The Morgan fingerprint density at radius 1 is 1.48 bits per heavy atom. The van der Waals surface area contributed by atoms with Crippen LogP contribution in [0.2, 0.25) is 0 Å². The van der Waals surface area contributed by atoms with E-state index in [-0.39, 0.29) is 11.5 Å². The molecule has 1 fully saturated rings. The molecule has 6 nitrogen and oxygen atoms in total. The van der Waals surface area contributed by atoms with Crippen LogP contribution in [0.4, 0.5) is 0 Å². The summed E-state index contributed by atoms with van der Waals surface area (Å²) in [5, 5.41) is 6.48. The van der Waals surface area contributed by atoms with Crippen molar-refractivity contribution >= 4 is 5.91 Å². The number of H-pyrrole nitrogens is 1. The van der Waals surface area contributed by atoms with E-state index in [0.29, 0.717) is 29.3 Å². The molecule has 6 heteroatoms. The summed E-state index contributed by atoms with van der Waals surface area (Å²) >= 11 is 0. The molecule has 0 radical (unpaired) electrons. The lowest BCUT2D eigenvalue weighted by Crippen LogP contribution is -2.39. The molecule has 3 rings (SSSR count). The quantitative estimate of drug-likeness (QED) is 0.911. The van der Waals surface area contributed by atoms with Crippen molar-refractivity contribution in [3.63, 3.8) is 0 Å². The number of aromatic amines is 1. The average molecular weight is 288 g/mol. The molecule has 1 atom stereocenters. The van der Waals surface area contributed by atoms with Gasteiger partial charge in [-0.1, -0.05) is 6.92 Å². The normalized spacial score (nSPS) is 19.1. The second kappa shape index (κ2) is 5.35. The van der Waals surface area contributed by atoms with Gasteiger partial charge in [0, 0.05) is 32.0 Å². The summed E-state index contributed by atoms with van der Waals surface area (Å²) < 4.78 is 1.86. The molecule has 3 aliphatic heterocycles. The molecule has 112 valence electrons. The fraction of sp³-hybridized carbons (Fsp3) is 0.533. The molecule has 1 N–H and O–H groups in total. The molecule has 1 saturated heterocycles. The highest BCUT2D eigenvalue weighted by molar-refractivity contribution is 5.99. The summed E-state index contributed by atoms with van der Waals surface area (Å²) in [6.07, 6.45) is 5.74. The van der Waals surface area contributed by atoms with Gasteiger partial charge in [-0.3, -0.25) is 9.59 Å². The van der Waals surface area contributed by atoms with Crippen molar-refractivity contribution in [1.82, 2.24) is 19.7 Å². The molecule has 21 heavy (non-hydrogen) atoms. The van der Waals surface area contributed by atoms with Gasteiger partial charge in [-0.2, -0.15) is 5.10 Å². The first-order chi connectivity index (χ1) is 10.1. The van der Waals surface area contributed by atoms with Crippen LogP contribution in [0.3, 0.4) is 0 Å². The minimum Gasteiger partial charge on any atom is -0.353 e. The molecule has 0 aromatic heterocycles. The van der Waals surface area contributed by atoms with Gasteiger partial charge in [-0.15, -0.1) is 0 Å². The molecule has 1 amide bonds. The zero-order valence-electron chi connectivity index (χ0n) is 12.4. The van der Waals surface area contributed by atoms with Gasteiger partial charge in [0.05, 0.1) is 11.1 Å². The Morgan fingerprint density at radius 3 is 3.00 bits per heavy atom. The maximum atomic E-state index is 12.8. The van der Waals surface area contributed by atoms with Crippen molar-refractivity contribution in [1.29, 1.82) is 0 Å². The highest BCUT2D eigenvalue weighted by Crippen LogP contribution is 2.24. The molecule has 0 bridgehead atoms. The Bertz CT molecular complexity index is 688. The number of rotatable bonds is 2. The molecule has 0 unspecified atom stereocenters. The number of carbonyl (C=O) groups excluding carboxylic acids is 1. The van der Waals surface area contributed by atoms with E-state index in [1.165, 1.54) is 0 Å². The number of aromatic nitrogens is 3. The summed E-state index contributed by atoms with van der Waals surface area (Å²) in [7, 11) is 0. The van der Waals surface area contributed by atoms with Crippen molar-refractivity contribution in [2.24, 2.45) is 5.92 Å². The Labute approximate surface area is 123 Å². The lowest BCUT2D eigenvalue weighted by atomic mass is 9.99. The molecule has 0 spiro atoms. The van der Waals surface area contributed by atoms with Crippen molar-refractivity contribution in [3.8, 4) is 11.3 Å². The lowest BCUT2D eigenvalue weighted by molar-refractivity contribution is 0.0682. The summed E-state index contributed by atoms with van der Waals surface area (Å²) in [4.78, 5) is 26.5. The van der Waals surface area contributed by atoms with Crippen LogP contribution < -0.4 is 5.56 Å². The number of fused-ring (bicyclic) bond motifs is 1. The number of likely N-dealkylation sites (tertiary alicyclic amines) is 1. The van der Waals surface area contributed by atoms with E-state index in [0.717, 1.165) is 25.9 Å². The van der Waals surface area contributed by atoms with Gasteiger partial charge in [-0.25, -0.2) is 5.10 Å². The first-order valence-corrected chi connectivity index (χ1v) is 7.47. The topological polar surface area (TPSA) is 71.0 Å². The van der Waals surface area contributed by atoms with Gasteiger partial charge >= 0.3 is 0 Å². The fourth-order valence-corrected chi connectivity index (χ4v) is 2.97. The van der Waals surface area contributed by atoms with Gasteiger partial charge in [0.25, 0.3) is 11.5 Å². The lowest BCUT2D eigenvalue weighted by Gasteiger charge is -2.31. The van der Waals surface area contributed by atoms with Crippen LogP contribution in [0.1, 0.15) is 37.0 Å². The number of amides is 1. The van der Waals surface area contributed by atoms with Crippen molar-refractivity contribution < 1.29 is 4.79 Å². The van der Waals surface area contributed by atoms with Crippen molar-refractivity contribution in [2.45, 2.75) is 33.2 Å². The minimum absolute atomic E-state index is 0.0270. The van der Waals surface area contributed by atoms with Crippen LogP contribution in [-0.2, 0) is 6.54 Å². The highest BCUT2D eigenvalue weighted by Gasteiger charge is 2.27. The van der Waals surface area contributed by atoms with Crippen molar-refractivity contribution in [2.75, 3.05) is 13.1 Å². The van der Waals surface area contributed by atoms with Crippen LogP contribution in [0.25, 0.3) is 11.3 Å². The van der Waals surface area contributed by atoms with Crippen LogP contribution in [-0.4, -0.2) is 38.7 Å². The van der Waals surface area contributed by atoms with Gasteiger partial charge in [0.2, 0.25) is 0 Å². The maximum Gasteiger partial charge on any atom is 0.275 e. The first-order valence-electron chi connectivity index (χ1n) is 7.47. The molecule has 0 aromatic carbocycles. The predicted molar refractivity (Wildman–Crippen MR) is 79.4 cm³/mol. The number of nitrogens with zero attached hydrogens (tertiary/aromatic N) is 3. The van der Waals surface area contributed by atoms with Crippen LogP contribution in [0, 0.1) is 5.92 Å². The number of hydrogen-bond donors (Lipinski definition) is 1. The van der Waals surface area contributed by atoms with E-state index in [9.17, 15) is 9.59 Å². The van der Waals surface area contributed by atoms with E-state index in [1.54, 1.807) is 12.4 Å². The van der Waals surface area contributed by atoms with Crippen LogP contribution in [0.5, 0.6) is 0 Å². The monoisotopic (exact) mass is 288 g/mol.